The number of nitrogens with one attached hydrogen (secondary N) is 1. The summed E-state index contributed by atoms with van der Waals surface area (Å²) < 4.78 is 54.5. The Balaban J connectivity index is 1.73. The summed E-state index contributed by atoms with van der Waals surface area (Å²) in [5.74, 6) is -0.886. The largest absolute Gasteiger partial charge is 0.416 e. The van der Waals surface area contributed by atoms with Gasteiger partial charge in [0.05, 0.1) is 17.7 Å². The van der Waals surface area contributed by atoms with Gasteiger partial charge >= 0.3 is 11.9 Å². The summed E-state index contributed by atoms with van der Waals surface area (Å²) in [6.45, 7) is 0.421. The first-order valence-corrected chi connectivity index (χ1v) is 8.64. The van der Waals surface area contributed by atoms with Crippen LogP contribution in [0.25, 0.3) is 11.1 Å². The zero-order valence-electron chi connectivity index (χ0n) is 14.8. The van der Waals surface area contributed by atoms with Gasteiger partial charge in [-0.05, 0) is 35.4 Å². The van der Waals surface area contributed by atoms with Crippen LogP contribution >= 0.6 is 0 Å². The molecule has 0 atom stereocenters. The molecule has 0 aliphatic carbocycles. The van der Waals surface area contributed by atoms with Crippen LogP contribution in [0.3, 0.4) is 0 Å². The summed E-state index contributed by atoms with van der Waals surface area (Å²) in [5.41, 5.74) is -0.973. The number of benzene rings is 2. The van der Waals surface area contributed by atoms with Crippen LogP contribution in [-0.4, -0.2) is 32.1 Å². The van der Waals surface area contributed by atoms with Crippen LogP contribution in [0.2, 0.25) is 0 Å². The Hall–Kier alpha value is -3.43. The summed E-state index contributed by atoms with van der Waals surface area (Å²) in [5, 5.41) is 6.15. The lowest BCUT2D eigenvalue weighted by molar-refractivity contribution is -0.137. The maximum absolute atomic E-state index is 13.9. The van der Waals surface area contributed by atoms with Crippen molar-refractivity contribution in [2.24, 2.45) is 0 Å². The predicted octanol–water partition coefficient (Wildman–Crippen LogP) is 3.05. The molecule has 0 spiro atoms. The molecule has 2 heterocycles. The first kappa shape index (κ1) is 18.9. The monoisotopic (exact) mass is 406 g/mol. The molecule has 10 heteroatoms. The minimum Gasteiger partial charge on any atom is -0.329 e. The quantitative estimate of drug-likeness (QED) is 0.665. The number of aromatic nitrogens is 3. The van der Waals surface area contributed by atoms with E-state index in [0.717, 1.165) is 24.3 Å². The van der Waals surface area contributed by atoms with Crippen LogP contribution in [0.15, 0.2) is 47.3 Å². The lowest BCUT2D eigenvalue weighted by Gasteiger charge is -2.27. The van der Waals surface area contributed by atoms with E-state index in [1.54, 1.807) is 0 Å². The van der Waals surface area contributed by atoms with E-state index in [1.165, 1.54) is 27.7 Å². The normalized spacial score (nSPS) is 14.0. The molecule has 1 aliphatic rings. The number of halogens is 4. The molecule has 1 N–H and O–H groups in total. The minimum atomic E-state index is -4.54. The smallest absolute Gasteiger partial charge is 0.329 e. The second kappa shape index (κ2) is 6.87. The lowest BCUT2D eigenvalue weighted by Crippen LogP contribution is -2.40. The highest BCUT2D eigenvalue weighted by atomic mass is 19.4. The number of H-pyrrole nitrogens is 1. The number of amides is 1. The highest BCUT2D eigenvalue weighted by Crippen LogP contribution is 2.33. The van der Waals surface area contributed by atoms with Gasteiger partial charge in [-0.1, -0.05) is 18.2 Å². The molecule has 1 aliphatic heterocycles. The van der Waals surface area contributed by atoms with E-state index in [1.807, 2.05) is 0 Å². The zero-order valence-corrected chi connectivity index (χ0v) is 14.8. The van der Waals surface area contributed by atoms with E-state index < -0.39 is 23.5 Å². The standard InChI is InChI=1S/C19H14F4N4O2/c20-13-4-5-14(11-2-1-3-12(8-11)19(21,22)23)15(9-13)17(28)26-6-7-27-16(10-26)24-25-18(27)29/h1-5,8-9H,6-7,10H2,(H,25,29). The fourth-order valence-electron chi connectivity index (χ4n) is 3.32. The van der Waals surface area contributed by atoms with E-state index in [4.69, 9.17) is 0 Å². The van der Waals surface area contributed by atoms with Gasteiger partial charge in [0.2, 0.25) is 0 Å². The van der Waals surface area contributed by atoms with Crippen molar-refractivity contribution in [3.05, 3.63) is 75.7 Å². The number of nitrogens with zero attached hydrogens (tertiary/aromatic N) is 3. The topological polar surface area (TPSA) is 71.0 Å². The third kappa shape index (κ3) is 3.53. The third-order valence-corrected chi connectivity index (χ3v) is 4.76. The van der Waals surface area contributed by atoms with Crippen molar-refractivity contribution in [3.63, 3.8) is 0 Å². The molecule has 0 saturated carbocycles. The van der Waals surface area contributed by atoms with Gasteiger partial charge in [-0.25, -0.2) is 14.3 Å². The molecule has 2 aromatic carbocycles. The van der Waals surface area contributed by atoms with Crippen molar-refractivity contribution >= 4 is 5.91 Å². The molecule has 1 amide bonds. The van der Waals surface area contributed by atoms with Gasteiger partial charge in [-0.3, -0.25) is 9.36 Å². The van der Waals surface area contributed by atoms with Crippen LogP contribution < -0.4 is 5.69 Å². The maximum Gasteiger partial charge on any atom is 0.416 e. The Morgan fingerprint density at radius 3 is 2.66 bits per heavy atom. The highest BCUT2D eigenvalue weighted by molar-refractivity contribution is 6.01. The van der Waals surface area contributed by atoms with Crippen LogP contribution in [0.4, 0.5) is 17.6 Å². The molecule has 29 heavy (non-hydrogen) atoms. The second-order valence-electron chi connectivity index (χ2n) is 6.59. The van der Waals surface area contributed by atoms with Crippen molar-refractivity contribution in [2.45, 2.75) is 19.3 Å². The molecule has 1 aromatic heterocycles. The number of hydrogen-bond acceptors (Lipinski definition) is 3. The molecule has 6 nitrogen and oxygen atoms in total. The minimum absolute atomic E-state index is 0.0239. The van der Waals surface area contributed by atoms with Crippen molar-refractivity contribution in [3.8, 4) is 11.1 Å². The van der Waals surface area contributed by atoms with E-state index in [9.17, 15) is 27.2 Å². The fraction of sp³-hybridized carbons (Fsp3) is 0.211. The number of alkyl halides is 3. The van der Waals surface area contributed by atoms with Crippen LogP contribution in [0.5, 0.6) is 0 Å². The predicted molar refractivity (Wildman–Crippen MR) is 94.4 cm³/mol. The Bertz CT molecular complexity index is 1150. The van der Waals surface area contributed by atoms with Gasteiger partial charge in [-0.2, -0.15) is 18.3 Å². The summed E-state index contributed by atoms with van der Waals surface area (Å²) in [4.78, 5) is 26.0. The molecule has 0 unspecified atom stereocenters. The van der Waals surface area contributed by atoms with Gasteiger partial charge in [0.1, 0.15) is 5.82 Å². The number of aromatic amines is 1. The van der Waals surface area contributed by atoms with Gasteiger partial charge in [0.25, 0.3) is 5.91 Å². The number of hydrogen-bond donors (Lipinski definition) is 1. The van der Waals surface area contributed by atoms with E-state index in [2.05, 4.69) is 10.2 Å². The SMILES string of the molecule is O=C(c1cc(F)ccc1-c1cccc(C(F)(F)F)c1)N1CCn2c(n[nH]c2=O)C1. The van der Waals surface area contributed by atoms with Gasteiger partial charge < -0.3 is 4.90 Å². The fourth-order valence-corrected chi connectivity index (χ4v) is 3.32. The Kier molecular flexibility index (Phi) is 4.48. The lowest BCUT2D eigenvalue weighted by atomic mass is 9.96. The number of carbonyl (C=O) groups is 1. The summed E-state index contributed by atoms with van der Waals surface area (Å²) in [6.07, 6.45) is -4.54. The average molecular weight is 406 g/mol. The van der Waals surface area contributed by atoms with E-state index >= 15 is 0 Å². The molecule has 150 valence electrons. The van der Waals surface area contributed by atoms with E-state index in [-0.39, 0.29) is 42.0 Å². The highest BCUT2D eigenvalue weighted by Gasteiger charge is 2.31. The van der Waals surface area contributed by atoms with Gasteiger partial charge in [0, 0.05) is 13.1 Å². The molecule has 0 radical (unpaired) electrons. The molecular formula is C19H14F4N4O2. The maximum atomic E-state index is 13.9. The Morgan fingerprint density at radius 2 is 1.90 bits per heavy atom. The van der Waals surface area contributed by atoms with Crippen molar-refractivity contribution in [2.75, 3.05) is 6.54 Å². The second-order valence-corrected chi connectivity index (χ2v) is 6.59. The van der Waals surface area contributed by atoms with Crippen LogP contribution in [-0.2, 0) is 19.3 Å². The van der Waals surface area contributed by atoms with Crippen molar-refractivity contribution < 1.29 is 22.4 Å². The summed E-state index contributed by atoms with van der Waals surface area (Å²) in [7, 11) is 0. The number of rotatable bonds is 2. The molecular weight excluding hydrogens is 392 g/mol. The van der Waals surface area contributed by atoms with Crippen molar-refractivity contribution in [1.82, 2.24) is 19.7 Å². The molecule has 4 rings (SSSR count). The molecule has 0 saturated heterocycles. The zero-order chi connectivity index (χ0) is 20.8. The van der Waals surface area contributed by atoms with Crippen LogP contribution in [0.1, 0.15) is 21.7 Å². The van der Waals surface area contributed by atoms with Crippen LogP contribution in [0, 0.1) is 5.82 Å². The molecule has 0 bridgehead atoms. The number of fused-ring (bicyclic) bond motifs is 1. The number of carbonyl (C=O) groups excluding carboxylic acids is 1. The van der Waals surface area contributed by atoms with Crippen molar-refractivity contribution in [1.29, 1.82) is 0 Å². The summed E-state index contributed by atoms with van der Waals surface area (Å²) in [6, 6.07) is 7.89. The molecule has 3 aromatic rings. The average Bonchev–Trinajstić information content (AvgIpc) is 3.07. The Morgan fingerprint density at radius 1 is 1.10 bits per heavy atom. The van der Waals surface area contributed by atoms with Gasteiger partial charge in [-0.15, -0.1) is 0 Å². The first-order valence-electron chi connectivity index (χ1n) is 8.64. The third-order valence-electron chi connectivity index (χ3n) is 4.76. The first-order chi connectivity index (χ1) is 13.7. The Labute approximate surface area is 161 Å². The van der Waals surface area contributed by atoms with Gasteiger partial charge in [0.15, 0.2) is 5.82 Å². The summed E-state index contributed by atoms with van der Waals surface area (Å²) >= 11 is 0. The van der Waals surface area contributed by atoms with E-state index in [0.29, 0.717) is 5.82 Å². The molecule has 0 fully saturated rings.